The SMILES string of the molecule is Cc1ccccc1OCc1nnc(SCC(=O)Nc2c(Cl)cccc2Cl)n1-c1ccccc1. The second kappa shape index (κ2) is 10.7. The number of thioether (sulfide) groups is 1. The zero-order valence-electron chi connectivity index (χ0n) is 17.7. The molecule has 0 aliphatic heterocycles. The Kier molecular flexibility index (Phi) is 7.54. The van der Waals surface area contributed by atoms with Crippen molar-refractivity contribution >= 4 is 46.6 Å². The number of halogens is 2. The number of para-hydroxylation sites is 3. The lowest BCUT2D eigenvalue weighted by atomic mass is 10.2. The van der Waals surface area contributed by atoms with Crippen molar-refractivity contribution in [2.45, 2.75) is 18.7 Å². The van der Waals surface area contributed by atoms with E-state index in [2.05, 4.69) is 15.5 Å². The number of amides is 1. The number of hydrogen-bond acceptors (Lipinski definition) is 5. The van der Waals surface area contributed by atoms with Crippen LogP contribution in [-0.2, 0) is 11.4 Å². The Balaban J connectivity index is 1.52. The second-order valence-corrected chi connectivity index (χ2v) is 8.81. The quantitative estimate of drug-likeness (QED) is 0.293. The van der Waals surface area contributed by atoms with Crippen molar-refractivity contribution in [3.05, 3.63) is 94.2 Å². The summed E-state index contributed by atoms with van der Waals surface area (Å²) < 4.78 is 7.88. The maximum Gasteiger partial charge on any atom is 0.234 e. The van der Waals surface area contributed by atoms with Crippen molar-refractivity contribution in [2.24, 2.45) is 0 Å². The number of nitrogens with zero attached hydrogens (tertiary/aromatic N) is 3. The monoisotopic (exact) mass is 498 g/mol. The zero-order chi connectivity index (χ0) is 23.2. The van der Waals surface area contributed by atoms with Gasteiger partial charge in [0.25, 0.3) is 0 Å². The van der Waals surface area contributed by atoms with Gasteiger partial charge >= 0.3 is 0 Å². The molecule has 0 aliphatic carbocycles. The molecule has 0 aliphatic rings. The number of aryl methyl sites for hydroxylation is 1. The predicted octanol–water partition coefficient (Wildman–Crippen LogP) is 6.19. The third kappa shape index (κ3) is 5.68. The molecule has 0 unspecified atom stereocenters. The molecule has 6 nitrogen and oxygen atoms in total. The number of rotatable bonds is 8. The number of anilines is 1. The molecule has 0 saturated heterocycles. The molecule has 1 amide bonds. The molecule has 0 bridgehead atoms. The molecule has 0 saturated carbocycles. The predicted molar refractivity (Wildman–Crippen MR) is 133 cm³/mol. The van der Waals surface area contributed by atoms with E-state index in [-0.39, 0.29) is 18.3 Å². The van der Waals surface area contributed by atoms with Gasteiger partial charge in [-0.3, -0.25) is 9.36 Å². The van der Waals surface area contributed by atoms with Crippen LogP contribution >= 0.6 is 35.0 Å². The highest BCUT2D eigenvalue weighted by Gasteiger charge is 2.17. The summed E-state index contributed by atoms with van der Waals surface area (Å²) in [5.41, 5.74) is 2.30. The molecule has 1 N–H and O–H groups in total. The van der Waals surface area contributed by atoms with Crippen LogP contribution in [0.25, 0.3) is 5.69 Å². The van der Waals surface area contributed by atoms with Crippen LogP contribution in [0.3, 0.4) is 0 Å². The van der Waals surface area contributed by atoms with Gasteiger partial charge in [-0.1, -0.05) is 77.4 Å². The zero-order valence-corrected chi connectivity index (χ0v) is 20.0. The van der Waals surface area contributed by atoms with Crippen LogP contribution in [0.5, 0.6) is 5.75 Å². The first-order valence-corrected chi connectivity index (χ1v) is 11.8. The minimum absolute atomic E-state index is 0.102. The van der Waals surface area contributed by atoms with Crippen molar-refractivity contribution in [3.63, 3.8) is 0 Å². The summed E-state index contributed by atoms with van der Waals surface area (Å²) in [7, 11) is 0. The first-order valence-electron chi connectivity index (χ1n) is 10.1. The molecular formula is C24H20Cl2N4O2S. The number of carbonyl (C=O) groups is 1. The highest BCUT2D eigenvalue weighted by atomic mass is 35.5. The van der Waals surface area contributed by atoms with Crippen molar-refractivity contribution < 1.29 is 9.53 Å². The summed E-state index contributed by atoms with van der Waals surface area (Å²) in [5, 5.41) is 12.7. The Bertz CT molecular complexity index is 1240. The van der Waals surface area contributed by atoms with E-state index in [1.165, 1.54) is 11.8 Å². The first kappa shape index (κ1) is 23.2. The molecule has 168 valence electrons. The Labute approximate surface area is 205 Å². The summed E-state index contributed by atoms with van der Waals surface area (Å²) in [6, 6.07) is 22.6. The third-order valence-corrected chi connectivity index (χ3v) is 6.28. The molecule has 0 spiro atoms. The smallest absolute Gasteiger partial charge is 0.234 e. The lowest BCUT2D eigenvalue weighted by Gasteiger charge is -2.12. The lowest BCUT2D eigenvalue weighted by Crippen LogP contribution is -2.15. The summed E-state index contributed by atoms with van der Waals surface area (Å²) in [4.78, 5) is 12.6. The van der Waals surface area contributed by atoms with Gasteiger partial charge in [0.2, 0.25) is 5.91 Å². The van der Waals surface area contributed by atoms with Crippen molar-refractivity contribution in [1.29, 1.82) is 0 Å². The molecule has 9 heteroatoms. The van der Waals surface area contributed by atoms with Crippen molar-refractivity contribution in [2.75, 3.05) is 11.1 Å². The summed E-state index contributed by atoms with van der Waals surface area (Å²) in [6.07, 6.45) is 0. The van der Waals surface area contributed by atoms with E-state index in [0.717, 1.165) is 17.0 Å². The van der Waals surface area contributed by atoms with E-state index in [4.69, 9.17) is 27.9 Å². The van der Waals surface area contributed by atoms with Crippen LogP contribution in [-0.4, -0.2) is 26.4 Å². The topological polar surface area (TPSA) is 69.0 Å². The van der Waals surface area contributed by atoms with Gasteiger partial charge in [0, 0.05) is 5.69 Å². The fourth-order valence-corrected chi connectivity index (χ4v) is 4.37. The number of hydrogen-bond donors (Lipinski definition) is 1. The molecule has 1 aromatic heterocycles. The number of ether oxygens (including phenoxy) is 1. The van der Waals surface area contributed by atoms with Crippen molar-refractivity contribution in [3.8, 4) is 11.4 Å². The van der Waals surface area contributed by atoms with Crippen LogP contribution in [0.2, 0.25) is 10.0 Å². The van der Waals surface area contributed by atoms with Gasteiger partial charge in [0.1, 0.15) is 12.4 Å². The number of benzene rings is 3. The largest absolute Gasteiger partial charge is 0.485 e. The fraction of sp³-hybridized carbons (Fsp3) is 0.125. The summed E-state index contributed by atoms with van der Waals surface area (Å²) in [5.74, 6) is 1.26. The van der Waals surface area contributed by atoms with Crippen LogP contribution in [0.15, 0.2) is 78.0 Å². The fourth-order valence-electron chi connectivity index (χ4n) is 3.11. The Morgan fingerprint density at radius 1 is 0.970 bits per heavy atom. The van der Waals surface area contributed by atoms with Crippen LogP contribution in [0.4, 0.5) is 5.69 Å². The minimum atomic E-state index is -0.254. The molecule has 33 heavy (non-hydrogen) atoms. The summed E-state index contributed by atoms with van der Waals surface area (Å²) >= 11 is 13.6. The lowest BCUT2D eigenvalue weighted by molar-refractivity contribution is -0.113. The van der Waals surface area contributed by atoms with E-state index in [1.54, 1.807) is 18.2 Å². The molecule has 1 heterocycles. The molecule has 4 aromatic rings. The Morgan fingerprint density at radius 3 is 2.39 bits per heavy atom. The van der Waals surface area contributed by atoms with Crippen LogP contribution in [0.1, 0.15) is 11.4 Å². The van der Waals surface area contributed by atoms with Gasteiger partial charge in [-0.2, -0.15) is 0 Å². The van der Waals surface area contributed by atoms with E-state index >= 15 is 0 Å². The second-order valence-electron chi connectivity index (χ2n) is 7.06. The van der Waals surface area contributed by atoms with Crippen LogP contribution < -0.4 is 10.1 Å². The summed E-state index contributed by atoms with van der Waals surface area (Å²) in [6.45, 7) is 2.22. The average molecular weight is 499 g/mol. The average Bonchev–Trinajstić information content (AvgIpc) is 3.23. The van der Waals surface area contributed by atoms with Gasteiger partial charge in [0.15, 0.2) is 11.0 Å². The number of aromatic nitrogens is 3. The highest BCUT2D eigenvalue weighted by Crippen LogP contribution is 2.30. The third-order valence-electron chi connectivity index (χ3n) is 4.72. The van der Waals surface area contributed by atoms with Gasteiger partial charge in [-0.05, 0) is 42.8 Å². The van der Waals surface area contributed by atoms with Gasteiger partial charge in [-0.15, -0.1) is 10.2 Å². The maximum atomic E-state index is 12.6. The highest BCUT2D eigenvalue weighted by molar-refractivity contribution is 7.99. The van der Waals surface area contributed by atoms with Crippen LogP contribution in [0, 0.1) is 6.92 Å². The molecule has 0 radical (unpaired) electrons. The van der Waals surface area contributed by atoms with E-state index in [0.29, 0.717) is 26.7 Å². The van der Waals surface area contributed by atoms with Gasteiger partial charge in [0.05, 0.1) is 21.5 Å². The van der Waals surface area contributed by atoms with E-state index in [1.807, 2.05) is 66.1 Å². The normalized spacial score (nSPS) is 10.8. The molecule has 4 rings (SSSR count). The Hall–Kier alpha value is -3.00. The van der Waals surface area contributed by atoms with E-state index < -0.39 is 0 Å². The number of nitrogens with one attached hydrogen (secondary N) is 1. The Morgan fingerprint density at radius 2 is 1.67 bits per heavy atom. The van der Waals surface area contributed by atoms with Gasteiger partial charge < -0.3 is 10.1 Å². The maximum absolute atomic E-state index is 12.6. The molecule has 3 aromatic carbocycles. The first-order chi connectivity index (χ1) is 16.0. The number of carbonyl (C=O) groups excluding carboxylic acids is 1. The minimum Gasteiger partial charge on any atom is -0.485 e. The molecule has 0 atom stereocenters. The van der Waals surface area contributed by atoms with E-state index in [9.17, 15) is 4.79 Å². The van der Waals surface area contributed by atoms with Gasteiger partial charge in [-0.25, -0.2) is 0 Å². The molecule has 0 fully saturated rings. The standard InChI is InChI=1S/C24H20Cl2N4O2S/c1-16-8-5-6-13-20(16)32-14-21-28-29-24(30(21)17-9-3-2-4-10-17)33-15-22(31)27-23-18(25)11-7-12-19(23)26/h2-13H,14-15H2,1H3,(H,27,31). The van der Waals surface area contributed by atoms with Crippen molar-refractivity contribution in [1.82, 2.24) is 14.8 Å². The molecular weight excluding hydrogens is 479 g/mol.